The molecule has 1 unspecified atom stereocenters. The molecule has 0 fully saturated rings. The van der Waals surface area contributed by atoms with Crippen molar-refractivity contribution in [2.24, 2.45) is 5.73 Å². The van der Waals surface area contributed by atoms with E-state index in [4.69, 9.17) is 22.4 Å². The Labute approximate surface area is 116 Å². The first-order valence-electron chi connectivity index (χ1n) is 5.15. The number of aliphatic hydroxyl groups is 1. The number of hydrogen-bond donors (Lipinski definition) is 2. The monoisotopic (exact) mass is 285 g/mol. The molecule has 1 atom stereocenters. The number of rotatable bonds is 3. The molecule has 2 aromatic rings. The van der Waals surface area contributed by atoms with E-state index in [0.717, 1.165) is 5.56 Å². The first-order chi connectivity index (χ1) is 8.22. The Morgan fingerprint density at radius 2 is 1.94 bits per heavy atom. The van der Waals surface area contributed by atoms with Gasteiger partial charge < -0.3 is 10.8 Å². The minimum atomic E-state index is -0.422. The van der Waals surface area contributed by atoms with E-state index in [-0.39, 0.29) is 19.0 Å². The van der Waals surface area contributed by atoms with E-state index in [9.17, 15) is 0 Å². The van der Waals surface area contributed by atoms with Crippen LogP contribution in [0.15, 0.2) is 36.7 Å². The predicted octanol–water partition coefficient (Wildman–Crippen LogP) is 2.21. The van der Waals surface area contributed by atoms with E-state index in [0.29, 0.717) is 16.4 Å². The lowest BCUT2D eigenvalue weighted by molar-refractivity contribution is 0.268. The Hall–Kier alpha value is -1.20. The summed E-state index contributed by atoms with van der Waals surface area (Å²) in [7, 11) is 0. The Bertz CT molecular complexity index is 508. The van der Waals surface area contributed by atoms with E-state index in [1.165, 1.54) is 0 Å². The zero-order valence-electron chi connectivity index (χ0n) is 9.45. The number of benzene rings is 1. The van der Waals surface area contributed by atoms with Gasteiger partial charge >= 0.3 is 0 Å². The van der Waals surface area contributed by atoms with Gasteiger partial charge in [0.25, 0.3) is 0 Å². The van der Waals surface area contributed by atoms with Gasteiger partial charge in [0.05, 0.1) is 17.7 Å². The van der Waals surface area contributed by atoms with Crippen molar-refractivity contribution in [1.29, 1.82) is 0 Å². The quantitative estimate of drug-likeness (QED) is 0.907. The van der Waals surface area contributed by atoms with Gasteiger partial charge in [0, 0.05) is 18.0 Å². The van der Waals surface area contributed by atoms with Gasteiger partial charge in [0.2, 0.25) is 0 Å². The maximum Gasteiger partial charge on any atom is 0.160 e. The molecule has 96 valence electrons. The van der Waals surface area contributed by atoms with Crippen LogP contribution in [0.4, 0.5) is 0 Å². The summed E-state index contributed by atoms with van der Waals surface area (Å²) >= 11 is 6.10. The molecule has 4 nitrogen and oxygen atoms in total. The molecule has 6 heteroatoms. The average molecular weight is 286 g/mol. The second-order valence-electron chi connectivity index (χ2n) is 3.60. The maximum absolute atomic E-state index is 9.03. The van der Waals surface area contributed by atoms with Crippen LogP contribution in [0.5, 0.6) is 0 Å². The van der Waals surface area contributed by atoms with Gasteiger partial charge in [0.15, 0.2) is 5.82 Å². The SMILES string of the molecule is Cl.NC(CO)c1ccc(Cl)c(-c2ncccn2)c1. The highest BCUT2D eigenvalue weighted by Crippen LogP contribution is 2.27. The lowest BCUT2D eigenvalue weighted by Gasteiger charge is -2.11. The minimum absolute atomic E-state index is 0. The molecule has 0 spiro atoms. The first-order valence-corrected chi connectivity index (χ1v) is 5.53. The fourth-order valence-electron chi connectivity index (χ4n) is 1.49. The fourth-order valence-corrected chi connectivity index (χ4v) is 1.69. The molecule has 0 bridgehead atoms. The number of hydrogen-bond acceptors (Lipinski definition) is 4. The summed E-state index contributed by atoms with van der Waals surface area (Å²) < 4.78 is 0. The topological polar surface area (TPSA) is 72.0 Å². The molecule has 0 aliphatic carbocycles. The van der Waals surface area contributed by atoms with Crippen LogP contribution in [0.1, 0.15) is 11.6 Å². The number of aromatic nitrogens is 2. The molecule has 0 aliphatic heterocycles. The van der Waals surface area contributed by atoms with Crippen molar-refractivity contribution in [3.8, 4) is 11.4 Å². The average Bonchev–Trinajstić information content (AvgIpc) is 2.39. The molecule has 0 saturated heterocycles. The van der Waals surface area contributed by atoms with Gasteiger partial charge in [-0.1, -0.05) is 17.7 Å². The smallest absolute Gasteiger partial charge is 0.160 e. The molecule has 1 aromatic carbocycles. The summed E-state index contributed by atoms with van der Waals surface area (Å²) in [4.78, 5) is 8.27. The minimum Gasteiger partial charge on any atom is -0.394 e. The normalized spacial score (nSPS) is 11.7. The predicted molar refractivity (Wildman–Crippen MR) is 73.7 cm³/mol. The van der Waals surface area contributed by atoms with Crippen LogP contribution in [-0.2, 0) is 0 Å². The molecule has 0 aliphatic rings. The molecule has 3 N–H and O–H groups in total. The number of nitrogens with two attached hydrogens (primary N) is 1. The molecule has 2 rings (SSSR count). The van der Waals surface area contributed by atoms with Gasteiger partial charge in [-0.2, -0.15) is 0 Å². The van der Waals surface area contributed by atoms with Crippen molar-refractivity contribution < 1.29 is 5.11 Å². The van der Waals surface area contributed by atoms with Crippen LogP contribution in [0.3, 0.4) is 0 Å². The highest BCUT2D eigenvalue weighted by molar-refractivity contribution is 6.33. The van der Waals surface area contributed by atoms with Crippen LogP contribution in [0.25, 0.3) is 11.4 Å². The standard InChI is InChI=1S/C12H12ClN3O.ClH/c13-10-3-2-8(11(14)7-17)6-9(10)12-15-4-1-5-16-12;/h1-6,11,17H,7,14H2;1H. The molecular weight excluding hydrogens is 273 g/mol. The van der Waals surface area contributed by atoms with Crippen molar-refractivity contribution in [3.05, 3.63) is 47.2 Å². The van der Waals surface area contributed by atoms with Crippen molar-refractivity contribution in [2.75, 3.05) is 6.61 Å². The molecule has 1 heterocycles. The molecule has 0 amide bonds. The van der Waals surface area contributed by atoms with E-state index < -0.39 is 6.04 Å². The summed E-state index contributed by atoms with van der Waals surface area (Å²) in [5, 5.41) is 9.59. The molecular formula is C12H13Cl2N3O. The lowest BCUT2D eigenvalue weighted by atomic mass is 10.0. The maximum atomic E-state index is 9.03. The highest BCUT2D eigenvalue weighted by Gasteiger charge is 2.10. The lowest BCUT2D eigenvalue weighted by Crippen LogP contribution is -2.14. The van der Waals surface area contributed by atoms with Crippen LogP contribution in [0.2, 0.25) is 5.02 Å². The van der Waals surface area contributed by atoms with Gasteiger partial charge in [-0.15, -0.1) is 12.4 Å². The summed E-state index contributed by atoms with van der Waals surface area (Å²) in [6.45, 7) is -0.114. The first kappa shape index (κ1) is 14.9. The third-order valence-corrected chi connectivity index (χ3v) is 2.75. The Kier molecular flexibility index (Phi) is 5.50. The van der Waals surface area contributed by atoms with Crippen molar-refractivity contribution in [2.45, 2.75) is 6.04 Å². The second-order valence-corrected chi connectivity index (χ2v) is 4.01. The van der Waals surface area contributed by atoms with E-state index in [1.807, 2.05) is 0 Å². The summed E-state index contributed by atoms with van der Waals surface area (Å²) in [6, 6.07) is 6.64. The molecule has 1 aromatic heterocycles. The van der Waals surface area contributed by atoms with Gasteiger partial charge in [-0.05, 0) is 23.8 Å². The zero-order chi connectivity index (χ0) is 12.3. The third-order valence-electron chi connectivity index (χ3n) is 2.42. The molecule has 0 saturated carbocycles. The third kappa shape index (κ3) is 3.17. The van der Waals surface area contributed by atoms with E-state index in [2.05, 4.69) is 9.97 Å². The number of aliphatic hydroxyl groups excluding tert-OH is 1. The van der Waals surface area contributed by atoms with Crippen molar-refractivity contribution >= 4 is 24.0 Å². The van der Waals surface area contributed by atoms with Crippen LogP contribution in [0, 0.1) is 0 Å². The van der Waals surface area contributed by atoms with Crippen molar-refractivity contribution in [3.63, 3.8) is 0 Å². The van der Waals surface area contributed by atoms with Gasteiger partial charge in [-0.3, -0.25) is 0 Å². The molecule has 0 radical (unpaired) electrons. The van der Waals surface area contributed by atoms with E-state index >= 15 is 0 Å². The Morgan fingerprint density at radius 3 is 2.56 bits per heavy atom. The summed E-state index contributed by atoms with van der Waals surface area (Å²) in [5.41, 5.74) is 7.28. The van der Waals surface area contributed by atoms with Crippen LogP contribution >= 0.6 is 24.0 Å². The highest BCUT2D eigenvalue weighted by atomic mass is 35.5. The van der Waals surface area contributed by atoms with Crippen LogP contribution < -0.4 is 5.73 Å². The summed E-state index contributed by atoms with van der Waals surface area (Å²) in [5.74, 6) is 0.546. The zero-order valence-corrected chi connectivity index (χ0v) is 11.0. The number of halogens is 2. The summed E-state index contributed by atoms with van der Waals surface area (Å²) in [6.07, 6.45) is 3.30. The van der Waals surface area contributed by atoms with Crippen molar-refractivity contribution in [1.82, 2.24) is 9.97 Å². The Balaban J connectivity index is 0.00000162. The van der Waals surface area contributed by atoms with E-state index in [1.54, 1.807) is 36.7 Å². The van der Waals surface area contributed by atoms with Crippen LogP contribution in [-0.4, -0.2) is 21.7 Å². The van der Waals surface area contributed by atoms with Gasteiger partial charge in [-0.25, -0.2) is 9.97 Å². The Morgan fingerprint density at radius 1 is 1.28 bits per heavy atom. The second kappa shape index (κ2) is 6.66. The fraction of sp³-hybridized carbons (Fsp3) is 0.167. The van der Waals surface area contributed by atoms with Gasteiger partial charge in [0.1, 0.15) is 0 Å². The molecule has 18 heavy (non-hydrogen) atoms. The number of nitrogens with zero attached hydrogens (tertiary/aromatic N) is 2. The largest absolute Gasteiger partial charge is 0.394 e.